The first-order valence-corrected chi connectivity index (χ1v) is 30.5. The van der Waals surface area contributed by atoms with Crippen molar-refractivity contribution < 1.29 is 36.3 Å². The number of halogens is 1. The van der Waals surface area contributed by atoms with Crippen molar-refractivity contribution in [3.8, 4) is 0 Å². The van der Waals surface area contributed by atoms with Gasteiger partial charge in [0.2, 0.25) is 0 Å². The lowest BCUT2D eigenvalue weighted by atomic mass is 9.50. The quantitative estimate of drug-likeness (QED) is 0.135. The molecule has 11 heteroatoms. The topological polar surface area (TPSA) is 138 Å². The van der Waals surface area contributed by atoms with Gasteiger partial charge in [0.15, 0.2) is 0 Å². The fraction of sp³-hybridized carbons (Fsp3) is 0.724. The smallest absolute Gasteiger partial charge is 0.296 e. The molecule has 0 radical (unpaired) electrons. The second-order valence-electron chi connectivity index (χ2n) is 24.9. The summed E-state index contributed by atoms with van der Waals surface area (Å²) < 4.78 is 52.5. The van der Waals surface area contributed by atoms with Crippen molar-refractivity contribution in [2.24, 2.45) is 81.8 Å². The number of aryl methyl sites for hydroxylation is 2. The molecule has 8 aliphatic rings. The SMILES string of the molecule is C[C@H](CO)[C@H]1CC[C@H]2[C@@H]3CC=C4C[C@@](C)(O)CC[C@@H]4[C@H]3CC[C@]12C.Cc1ccc(S(=O)(=O)Cl)cc1.Cc1ccc(S(=O)(=O)OC[C@@H](C)[C@H]2CC[C@H]3[C@@H]4CC=C5C[C@@](C)(O)CC[C@@H]5[C@H]4CC[C@]23C)cc1. The number of fused-ring (bicyclic) bond motifs is 10. The predicted octanol–water partition coefficient (Wildman–Crippen LogP) is 12.8. The summed E-state index contributed by atoms with van der Waals surface area (Å²) in [4.78, 5) is 0.391. The van der Waals surface area contributed by atoms with E-state index < -0.39 is 30.4 Å². The maximum atomic E-state index is 12.7. The zero-order chi connectivity index (χ0) is 49.9. The normalized spacial score (nSPS) is 39.9. The van der Waals surface area contributed by atoms with Crippen molar-refractivity contribution in [2.75, 3.05) is 13.2 Å². The molecule has 0 amide bonds. The van der Waals surface area contributed by atoms with Gasteiger partial charge >= 0.3 is 0 Å². The Morgan fingerprint density at radius 1 is 0.594 bits per heavy atom. The summed E-state index contributed by atoms with van der Waals surface area (Å²) in [6.07, 6.45) is 23.8. The third-order valence-corrected chi connectivity index (χ3v) is 23.0. The van der Waals surface area contributed by atoms with Gasteiger partial charge in [-0.2, -0.15) is 8.42 Å². The van der Waals surface area contributed by atoms with Crippen molar-refractivity contribution in [1.82, 2.24) is 0 Å². The van der Waals surface area contributed by atoms with Crippen LogP contribution in [0.1, 0.15) is 155 Å². The van der Waals surface area contributed by atoms with E-state index in [0.29, 0.717) is 41.6 Å². The largest absolute Gasteiger partial charge is 0.396 e. The van der Waals surface area contributed by atoms with Gasteiger partial charge < -0.3 is 15.3 Å². The van der Waals surface area contributed by atoms with Crippen LogP contribution >= 0.6 is 10.7 Å². The van der Waals surface area contributed by atoms with Gasteiger partial charge in [-0.25, -0.2) is 8.42 Å². The predicted molar refractivity (Wildman–Crippen MR) is 276 cm³/mol. The van der Waals surface area contributed by atoms with E-state index in [-0.39, 0.29) is 27.7 Å². The molecule has 10 rings (SSSR count). The van der Waals surface area contributed by atoms with Crippen molar-refractivity contribution in [1.29, 1.82) is 0 Å². The molecule has 2 aromatic carbocycles. The van der Waals surface area contributed by atoms with Gasteiger partial charge in [-0.1, -0.05) is 86.4 Å². The fourth-order valence-electron chi connectivity index (χ4n) is 16.8. The molecule has 69 heavy (non-hydrogen) atoms. The number of rotatable bonds is 8. The molecule has 8 nitrogen and oxygen atoms in total. The first-order chi connectivity index (χ1) is 32.4. The Hall–Kier alpha value is -2.05. The number of hydrogen-bond acceptors (Lipinski definition) is 8. The van der Waals surface area contributed by atoms with Gasteiger partial charge in [-0.05, 0) is 237 Å². The van der Waals surface area contributed by atoms with Crippen molar-refractivity contribution in [2.45, 2.75) is 179 Å². The molecule has 6 saturated carbocycles. The van der Waals surface area contributed by atoms with Crippen molar-refractivity contribution >= 4 is 29.9 Å². The molecule has 0 heterocycles. The van der Waals surface area contributed by atoms with Crippen LogP contribution < -0.4 is 0 Å². The Kier molecular flexibility index (Phi) is 15.7. The van der Waals surface area contributed by atoms with Crippen molar-refractivity contribution in [3.05, 3.63) is 83.0 Å². The average molecular weight is 1010 g/mol. The third kappa shape index (κ3) is 11.1. The maximum Gasteiger partial charge on any atom is 0.296 e. The molecule has 0 unspecified atom stereocenters. The summed E-state index contributed by atoms with van der Waals surface area (Å²) in [6.45, 7) is 17.9. The molecule has 16 atom stereocenters. The van der Waals surface area contributed by atoms with E-state index in [1.807, 2.05) is 39.8 Å². The van der Waals surface area contributed by atoms with Gasteiger partial charge in [-0.15, -0.1) is 0 Å². The summed E-state index contributed by atoms with van der Waals surface area (Å²) in [6, 6.07) is 13.3. The minimum absolute atomic E-state index is 0.143. The first kappa shape index (κ1) is 53.2. The standard InChI is InChI=1S/C29H42O4S.C22H36O2.C7H7ClO2S/c1-19-5-8-22(9-6-19)34(31,32)33-18-20(2)26-11-12-27-25-10-7-21-17-28(3,30)15-13-23(21)24(25)14-16-29(26,27)4;1-14(13-23)19-6-7-20-18-5-4-15-12-21(2,24)10-8-16(15)17(18)9-11-22(19,20)3;1-6-2-4-7(5-3-6)11(8,9)10/h5-9,20,23-27,30H,10-18H2,1-4H3;4,14,16-20,23-24H,5-13H2,1-3H3;2-5H,1H3/t20-,23+,24-,25-,26-,27+,28+,29-;14-,16+,17-,18-,19-,20+,21+,22-;/m11./s1. The van der Waals surface area contributed by atoms with E-state index in [9.17, 15) is 32.2 Å². The summed E-state index contributed by atoms with van der Waals surface area (Å²) >= 11 is 0. The summed E-state index contributed by atoms with van der Waals surface area (Å²) in [7, 11) is -2.19. The highest BCUT2D eigenvalue weighted by Gasteiger charge is 2.58. The van der Waals surface area contributed by atoms with Gasteiger partial charge in [0, 0.05) is 17.3 Å². The molecule has 0 aromatic heterocycles. The van der Waals surface area contributed by atoms with Crippen LogP contribution in [-0.4, -0.2) is 56.6 Å². The van der Waals surface area contributed by atoms with E-state index in [1.165, 1.54) is 81.9 Å². The van der Waals surface area contributed by atoms with Gasteiger partial charge in [0.25, 0.3) is 19.2 Å². The zero-order valence-corrected chi connectivity index (χ0v) is 45.4. The van der Waals surface area contributed by atoms with Gasteiger partial charge in [0.1, 0.15) is 0 Å². The highest BCUT2D eigenvalue weighted by Crippen LogP contribution is 2.66. The second kappa shape index (κ2) is 20.3. The lowest BCUT2D eigenvalue weighted by Crippen LogP contribution is -2.48. The van der Waals surface area contributed by atoms with Crippen LogP contribution in [0.5, 0.6) is 0 Å². The molecule has 2 aromatic rings. The van der Waals surface area contributed by atoms with Crippen LogP contribution in [0.4, 0.5) is 0 Å². The molecule has 6 fully saturated rings. The Bertz CT molecular complexity index is 2410. The minimum atomic E-state index is -3.72. The molecular formula is C58H85ClO8S2. The molecule has 384 valence electrons. The lowest BCUT2D eigenvalue weighted by Gasteiger charge is -2.55. The van der Waals surface area contributed by atoms with Crippen LogP contribution in [0.2, 0.25) is 0 Å². The van der Waals surface area contributed by atoms with E-state index in [4.69, 9.17) is 14.9 Å². The molecular weight excluding hydrogens is 924 g/mol. The maximum absolute atomic E-state index is 12.7. The molecule has 0 bridgehead atoms. The van der Waals surface area contributed by atoms with E-state index in [0.717, 1.165) is 85.2 Å². The Morgan fingerprint density at radius 3 is 1.43 bits per heavy atom. The van der Waals surface area contributed by atoms with Gasteiger partial charge in [0.05, 0.1) is 27.6 Å². The van der Waals surface area contributed by atoms with E-state index in [2.05, 4.69) is 39.8 Å². The first-order valence-electron chi connectivity index (χ1n) is 26.8. The van der Waals surface area contributed by atoms with Crippen LogP contribution in [0.15, 0.2) is 81.6 Å². The summed E-state index contributed by atoms with van der Waals surface area (Å²) in [5, 5.41) is 30.8. The average Bonchev–Trinajstić information content (AvgIpc) is 3.84. The number of allylic oxidation sites excluding steroid dienone is 2. The number of hydrogen-bond donors (Lipinski definition) is 3. The van der Waals surface area contributed by atoms with Crippen LogP contribution in [0, 0.1) is 95.7 Å². The Labute approximate surface area is 421 Å². The fourth-order valence-corrected chi connectivity index (χ4v) is 18.6. The van der Waals surface area contributed by atoms with Crippen LogP contribution in [0.25, 0.3) is 0 Å². The highest BCUT2D eigenvalue weighted by atomic mass is 35.7. The minimum Gasteiger partial charge on any atom is -0.396 e. The van der Waals surface area contributed by atoms with Crippen LogP contribution in [0.3, 0.4) is 0 Å². The van der Waals surface area contributed by atoms with Crippen molar-refractivity contribution in [3.63, 3.8) is 0 Å². The molecule has 0 saturated heterocycles. The number of aliphatic hydroxyl groups is 3. The van der Waals surface area contributed by atoms with Gasteiger partial charge in [-0.3, -0.25) is 4.18 Å². The Balaban J connectivity index is 0.000000158. The second-order valence-corrected chi connectivity index (χ2v) is 29.1. The van der Waals surface area contributed by atoms with E-state index >= 15 is 0 Å². The number of aliphatic hydroxyl groups excluding tert-OH is 1. The van der Waals surface area contributed by atoms with Crippen LogP contribution in [-0.2, 0) is 23.4 Å². The third-order valence-electron chi connectivity index (χ3n) is 20.3. The van der Waals surface area contributed by atoms with E-state index in [1.54, 1.807) is 29.8 Å². The molecule has 8 aliphatic carbocycles. The summed E-state index contributed by atoms with van der Waals surface area (Å²) in [5.41, 5.74) is 4.88. The molecule has 3 N–H and O–H groups in total. The number of benzene rings is 2. The monoisotopic (exact) mass is 1010 g/mol. The zero-order valence-electron chi connectivity index (χ0n) is 43.0. The highest BCUT2D eigenvalue weighted by molar-refractivity contribution is 8.13. The summed E-state index contributed by atoms with van der Waals surface area (Å²) in [5.74, 6) is 8.11. The molecule has 0 aliphatic heterocycles. The Morgan fingerprint density at radius 2 is 1.01 bits per heavy atom. The lowest BCUT2D eigenvalue weighted by molar-refractivity contribution is -0.0436. The molecule has 0 spiro atoms.